The van der Waals surface area contributed by atoms with Crippen molar-refractivity contribution in [2.45, 2.75) is 0 Å². The summed E-state index contributed by atoms with van der Waals surface area (Å²) in [4.78, 5) is 17.7. The summed E-state index contributed by atoms with van der Waals surface area (Å²) in [5, 5.41) is 0. The smallest absolute Gasteiger partial charge is 0.0702 e. The van der Waals surface area contributed by atoms with Crippen molar-refractivity contribution in [2.75, 3.05) is 9.80 Å². The van der Waals surface area contributed by atoms with Crippen LogP contribution in [0.1, 0.15) is 11.1 Å². The van der Waals surface area contributed by atoms with Gasteiger partial charge in [0.15, 0.2) is 0 Å². The Morgan fingerprint density at radius 2 is 0.684 bits per heavy atom. The minimum absolute atomic E-state index is 0. The van der Waals surface area contributed by atoms with Crippen LogP contribution in [0.2, 0.25) is 0 Å². The number of para-hydroxylation sites is 2. The van der Waals surface area contributed by atoms with Crippen LogP contribution in [0.4, 0.5) is 34.1 Å². The molecule has 0 unspecified atom stereocenters. The van der Waals surface area contributed by atoms with Crippen LogP contribution in [-0.4, -0.2) is 15.0 Å². The van der Waals surface area contributed by atoms with E-state index in [0.717, 1.165) is 90.2 Å². The maximum Gasteiger partial charge on any atom is 0.0702 e. The van der Waals surface area contributed by atoms with E-state index in [1.165, 1.54) is 11.1 Å². The molecule has 79 heavy (non-hydrogen) atoms. The number of rotatable bonds is 13. The van der Waals surface area contributed by atoms with Gasteiger partial charge < -0.3 is 19.8 Å². The largest absolute Gasteiger partial charge is 0.311 e. The first-order chi connectivity index (χ1) is 38.6. The van der Waals surface area contributed by atoms with Gasteiger partial charge in [0.1, 0.15) is 0 Å². The molecule has 0 bridgehead atoms. The van der Waals surface area contributed by atoms with Crippen LogP contribution in [0.15, 0.2) is 311 Å². The topological polar surface area (TPSA) is 45.2 Å². The van der Waals surface area contributed by atoms with E-state index in [-0.39, 0.29) is 20.1 Å². The third-order valence-corrected chi connectivity index (χ3v) is 12.9. The van der Waals surface area contributed by atoms with Crippen molar-refractivity contribution in [3.8, 4) is 56.0 Å². The number of hydrogen-bond acceptors (Lipinski definition) is 5. The van der Waals surface area contributed by atoms with E-state index in [1.54, 1.807) is 6.20 Å². The van der Waals surface area contributed by atoms with Crippen LogP contribution in [0.25, 0.3) is 68.2 Å². The minimum atomic E-state index is 0. The van der Waals surface area contributed by atoms with E-state index in [4.69, 9.17) is 0 Å². The van der Waals surface area contributed by atoms with E-state index >= 15 is 0 Å². The molecule has 0 aliphatic heterocycles. The summed E-state index contributed by atoms with van der Waals surface area (Å²) in [6.07, 6.45) is 9.16. The first-order valence-corrected chi connectivity index (χ1v) is 25.8. The molecule has 0 spiro atoms. The van der Waals surface area contributed by atoms with Crippen molar-refractivity contribution in [3.63, 3.8) is 0 Å². The summed E-state index contributed by atoms with van der Waals surface area (Å²) in [7, 11) is 0. The SMILES string of the molecule is C=Cc1ccc(N(c2ccccc2)c2ccc(-c3cc[c-]c(-c4ccccn4)c3)cc2)cc1.C=Cc1ccc(N(c2ccccc2)c2ccc(-c3cccc(-c4ccccn4)c3)cc2)cc1.[Ir].[c-]1ccccc1-c1ccccn1. The fourth-order valence-corrected chi connectivity index (χ4v) is 8.96. The van der Waals surface area contributed by atoms with Gasteiger partial charge in [0.2, 0.25) is 0 Å². The maximum absolute atomic E-state index is 4.49. The monoisotopic (exact) mass is 1190 g/mol. The fourth-order valence-electron chi connectivity index (χ4n) is 8.96. The molecular weight excluding hydrogens is 1140 g/mol. The average molecular weight is 1190 g/mol. The van der Waals surface area contributed by atoms with Crippen molar-refractivity contribution >= 4 is 46.3 Å². The van der Waals surface area contributed by atoms with Gasteiger partial charge in [0.25, 0.3) is 0 Å². The van der Waals surface area contributed by atoms with E-state index < -0.39 is 0 Å². The summed E-state index contributed by atoms with van der Waals surface area (Å²) < 4.78 is 0. The molecule has 0 saturated heterocycles. The first-order valence-electron chi connectivity index (χ1n) is 25.8. The quantitative estimate of drug-likeness (QED) is 0.108. The van der Waals surface area contributed by atoms with Crippen molar-refractivity contribution in [1.82, 2.24) is 15.0 Å². The molecule has 0 atom stereocenters. The molecule has 383 valence electrons. The number of anilines is 6. The van der Waals surface area contributed by atoms with Gasteiger partial charge in [-0.25, -0.2) is 0 Å². The number of nitrogens with zero attached hydrogens (tertiary/aromatic N) is 5. The third kappa shape index (κ3) is 14.0. The molecule has 1 radical (unpaired) electrons. The second-order valence-electron chi connectivity index (χ2n) is 18.0. The van der Waals surface area contributed by atoms with Gasteiger partial charge in [0.05, 0.1) is 5.69 Å². The van der Waals surface area contributed by atoms with Gasteiger partial charge >= 0.3 is 0 Å². The van der Waals surface area contributed by atoms with Crippen LogP contribution in [0.3, 0.4) is 0 Å². The van der Waals surface area contributed by atoms with Crippen LogP contribution < -0.4 is 9.80 Å². The van der Waals surface area contributed by atoms with Crippen LogP contribution >= 0.6 is 0 Å². The zero-order valence-corrected chi connectivity index (χ0v) is 45.8. The fraction of sp³-hybridized carbons (Fsp3) is 0. The summed E-state index contributed by atoms with van der Waals surface area (Å²) >= 11 is 0. The Labute approximate surface area is 478 Å². The van der Waals surface area contributed by atoms with E-state index in [9.17, 15) is 0 Å². The van der Waals surface area contributed by atoms with Crippen molar-refractivity contribution in [3.05, 3.63) is 334 Å². The van der Waals surface area contributed by atoms with Gasteiger partial charge in [-0.15, -0.1) is 71.3 Å². The van der Waals surface area contributed by atoms with E-state index in [2.05, 4.69) is 232 Å². The first kappa shape index (κ1) is 54.0. The van der Waals surface area contributed by atoms with Crippen LogP contribution in [0.5, 0.6) is 0 Å². The van der Waals surface area contributed by atoms with Gasteiger partial charge in [-0.1, -0.05) is 159 Å². The van der Waals surface area contributed by atoms with Crippen LogP contribution in [-0.2, 0) is 20.1 Å². The zero-order chi connectivity index (χ0) is 53.1. The van der Waals surface area contributed by atoms with Gasteiger partial charge in [-0.2, -0.15) is 0 Å². The molecule has 12 aromatic rings. The predicted octanol–water partition coefficient (Wildman–Crippen LogP) is 19.4. The molecule has 0 fully saturated rings. The Bertz CT molecular complexity index is 3520. The molecule has 5 nitrogen and oxygen atoms in total. The number of benzene rings is 9. The molecule has 0 N–H and O–H groups in total. The standard InChI is InChI=1S/C31H24N2.C31H23N2.C11H8N.Ir/c2*1-2-24-14-18-29(19-15-24)33(28-11-4-3-5-12-28)30-20-16-25(17-21-30)26-9-8-10-27(23-26)31-13-6-7-22-32-31;1-2-6-10(7-3-1)11-8-4-5-9-12-11;/h2-23H,1H2;2-9,11-23H,1H2;1-6,8-9H;/q;2*-1;. The zero-order valence-electron chi connectivity index (χ0n) is 43.4. The molecular formula is C73H55IrN5-2. The Morgan fingerprint density at radius 3 is 1.13 bits per heavy atom. The number of pyridine rings is 3. The average Bonchev–Trinajstić information content (AvgIpc) is 3.54. The summed E-state index contributed by atoms with van der Waals surface area (Å²) in [5.41, 5.74) is 19.5. The molecule has 3 aromatic heterocycles. The Hall–Kier alpha value is -9.84. The van der Waals surface area contributed by atoms with Crippen LogP contribution in [0, 0.1) is 12.1 Å². The molecule has 9 aromatic carbocycles. The second-order valence-corrected chi connectivity index (χ2v) is 18.0. The minimum Gasteiger partial charge on any atom is -0.311 e. The van der Waals surface area contributed by atoms with Gasteiger partial charge in [-0.05, 0) is 142 Å². The third-order valence-electron chi connectivity index (χ3n) is 12.9. The molecule has 0 aliphatic rings. The molecule has 6 heteroatoms. The molecule has 0 saturated carbocycles. The normalized spacial score (nSPS) is 10.3. The Morgan fingerprint density at radius 1 is 0.291 bits per heavy atom. The number of hydrogen-bond donors (Lipinski definition) is 0. The molecule has 0 amide bonds. The van der Waals surface area contributed by atoms with Crippen molar-refractivity contribution in [1.29, 1.82) is 0 Å². The Kier molecular flexibility index (Phi) is 18.6. The second kappa shape index (κ2) is 27.3. The maximum atomic E-state index is 4.49. The molecule has 0 aliphatic carbocycles. The van der Waals surface area contributed by atoms with E-state index in [1.807, 2.05) is 122 Å². The van der Waals surface area contributed by atoms with Crippen molar-refractivity contribution < 1.29 is 20.1 Å². The summed E-state index contributed by atoms with van der Waals surface area (Å²) in [6.45, 7) is 7.73. The van der Waals surface area contributed by atoms with Gasteiger partial charge in [-0.3, -0.25) is 4.98 Å². The molecule has 12 rings (SSSR count). The number of aromatic nitrogens is 3. The van der Waals surface area contributed by atoms with Crippen molar-refractivity contribution in [2.24, 2.45) is 0 Å². The summed E-state index contributed by atoms with van der Waals surface area (Å²) in [6, 6.07) is 102. The molecule has 3 heterocycles. The predicted molar refractivity (Wildman–Crippen MR) is 327 cm³/mol. The Balaban J connectivity index is 0.000000157. The summed E-state index contributed by atoms with van der Waals surface area (Å²) in [5.74, 6) is 0. The van der Waals surface area contributed by atoms with E-state index in [0.29, 0.717) is 0 Å². The van der Waals surface area contributed by atoms with Gasteiger partial charge in [0, 0.05) is 78.4 Å².